The molecule has 4 rings (SSSR count). The van der Waals surface area contributed by atoms with Crippen LogP contribution in [0.5, 0.6) is 0 Å². The summed E-state index contributed by atoms with van der Waals surface area (Å²) in [4.78, 5) is 21.4. The van der Waals surface area contributed by atoms with Crippen molar-refractivity contribution in [3.05, 3.63) is 21.6 Å². The molecule has 23 heavy (non-hydrogen) atoms. The number of aromatic nitrogens is 2. The molecule has 0 bridgehead atoms. The first-order valence-corrected chi connectivity index (χ1v) is 8.61. The molecule has 1 spiro atoms. The van der Waals surface area contributed by atoms with E-state index in [1.165, 1.54) is 0 Å². The lowest BCUT2D eigenvalue weighted by Gasteiger charge is -2.47. The van der Waals surface area contributed by atoms with Crippen LogP contribution in [0.15, 0.2) is 4.79 Å². The number of H-pyrrole nitrogens is 1. The molecule has 3 aliphatic heterocycles. The average molecular weight is 319 g/mol. The number of anilines is 1. The van der Waals surface area contributed by atoms with Crippen molar-refractivity contribution in [1.29, 1.82) is 0 Å². The van der Waals surface area contributed by atoms with Crippen LogP contribution in [0.2, 0.25) is 0 Å². The summed E-state index contributed by atoms with van der Waals surface area (Å²) in [6.07, 6.45) is 5.09. The van der Waals surface area contributed by atoms with Gasteiger partial charge in [-0.1, -0.05) is 0 Å². The predicted molar refractivity (Wildman–Crippen MR) is 87.2 cm³/mol. The Morgan fingerprint density at radius 1 is 1.35 bits per heavy atom. The minimum atomic E-state index is -0.0750. The van der Waals surface area contributed by atoms with Gasteiger partial charge in [-0.05, 0) is 45.2 Å². The molecule has 2 saturated heterocycles. The highest BCUT2D eigenvalue weighted by molar-refractivity contribution is 5.27. The van der Waals surface area contributed by atoms with E-state index in [0.29, 0.717) is 6.04 Å². The number of rotatable bonds is 1. The van der Waals surface area contributed by atoms with Crippen molar-refractivity contribution < 1.29 is 4.74 Å². The van der Waals surface area contributed by atoms with Crippen LogP contribution in [0, 0.1) is 0 Å². The molecule has 0 aliphatic carbocycles. The third kappa shape index (κ3) is 2.88. The summed E-state index contributed by atoms with van der Waals surface area (Å²) >= 11 is 0. The molecule has 1 aromatic rings. The Balaban J connectivity index is 1.51. The zero-order chi connectivity index (χ0) is 15.9. The smallest absolute Gasteiger partial charge is 0.255 e. The van der Waals surface area contributed by atoms with Crippen molar-refractivity contribution in [1.82, 2.24) is 20.2 Å². The standard InChI is InChI=1S/C16H25N5O2/c17-15-19-13-10-21(7-1-12(13)14(22)20-15)11-2-8-23-16(9-11)3-5-18-6-4-16/h11,18H,1-10H2,(H3,17,19,20,22). The van der Waals surface area contributed by atoms with Crippen LogP contribution in [-0.2, 0) is 17.7 Å². The summed E-state index contributed by atoms with van der Waals surface area (Å²) < 4.78 is 6.18. The van der Waals surface area contributed by atoms with Crippen LogP contribution < -0.4 is 16.6 Å². The molecule has 1 unspecified atom stereocenters. The van der Waals surface area contributed by atoms with Gasteiger partial charge in [0.1, 0.15) is 0 Å². The number of nitrogen functional groups attached to an aromatic ring is 1. The van der Waals surface area contributed by atoms with Gasteiger partial charge in [-0.2, -0.15) is 0 Å². The zero-order valence-corrected chi connectivity index (χ0v) is 13.4. The number of hydrogen-bond acceptors (Lipinski definition) is 6. The van der Waals surface area contributed by atoms with E-state index < -0.39 is 0 Å². The predicted octanol–water partition coefficient (Wildman–Crippen LogP) is 0.0114. The Morgan fingerprint density at radius 2 is 2.17 bits per heavy atom. The summed E-state index contributed by atoms with van der Waals surface area (Å²) in [6, 6.07) is 0.511. The number of ether oxygens (including phenoxy) is 1. The van der Waals surface area contributed by atoms with Crippen LogP contribution in [0.25, 0.3) is 0 Å². The van der Waals surface area contributed by atoms with E-state index in [1.54, 1.807) is 0 Å². The lowest BCUT2D eigenvalue weighted by Crippen LogP contribution is -2.54. The zero-order valence-electron chi connectivity index (χ0n) is 13.4. The van der Waals surface area contributed by atoms with E-state index in [4.69, 9.17) is 10.5 Å². The van der Waals surface area contributed by atoms with Gasteiger partial charge < -0.3 is 15.8 Å². The third-order valence-electron chi connectivity index (χ3n) is 5.62. The maximum absolute atomic E-state index is 12.0. The van der Waals surface area contributed by atoms with Crippen molar-refractivity contribution in [3.63, 3.8) is 0 Å². The lowest BCUT2D eigenvalue weighted by molar-refractivity contribution is -0.122. The first-order valence-electron chi connectivity index (χ1n) is 8.61. The molecule has 0 amide bonds. The Hall–Kier alpha value is -1.44. The topological polar surface area (TPSA) is 96.3 Å². The Bertz CT molecular complexity index is 632. The molecule has 7 nitrogen and oxygen atoms in total. The van der Waals surface area contributed by atoms with E-state index >= 15 is 0 Å². The van der Waals surface area contributed by atoms with E-state index in [1.807, 2.05) is 0 Å². The van der Waals surface area contributed by atoms with E-state index in [9.17, 15) is 4.79 Å². The van der Waals surface area contributed by atoms with Gasteiger partial charge in [-0.15, -0.1) is 0 Å². The Labute approximate surface area is 135 Å². The highest BCUT2D eigenvalue weighted by atomic mass is 16.5. The summed E-state index contributed by atoms with van der Waals surface area (Å²) in [7, 11) is 0. The minimum absolute atomic E-state index is 0.0507. The molecule has 2 fully saturated rings. The summed E-state index contributed by atoms with van der Waals surface area (Å²) in [5.74, 6) is 0.220. The molecule has 0 saturated carbocycles. The maximum Gasteiger partial charge on any atom is 0.255 e. The third-order valence-corrected chi connectivity index (χ3v) is 5.62. The molecular weight excluding hydrogens is 294 g/mol. The summed E-state index contributed by atoms with van der Waals surface area (Å²) in [5.41, 5.74) is 7.34. The summed E-state index contributed by atoms with van der Waals surface area (Å²) in [5, 5.41) is 3.42. The number of piperidine rings is 1. The second kappa shape index (κ2) is 5.89. The molecule has 0 aromatic carbocycles. The fourth-order valence-electron chi connectivity index (χ4n) is 4.34. The first kappa shape index (κ1) is 15.1. The molecule has 1 aromatic heterocycles. The molecule has 7 heteroatoms. The number of hydrogen-bond donors (Lipinski definition) is 3. The molecule has 4 N–H and O–H groups in total. The van der Waals surface area contributed by atoms with Crippen molar-refractivity contribution in [2.24, 2.45) is 0 Å². The number of aromatic amines is 1. The average Bonchev–Trinajstić information content (AvgIpc) is 2.55. The van der Waals surface area contributed by atoms with Crippen molar-refractivity contribution in [2.75, 3.05) is 32.0 Å². The van der Waals surface area contributed by atoms with Gasteiger partial charge in [0, 0.05) is 31.3 Å². The van der Waals surface area contributed by atoms with Crippen molar-refractivity contribution >= 4 is 5.95 Å². The minimum Gasteiger partial charge on any atom is -0.375 e. The maximum atomic E-state index is 12.0. The van der Waals surface area contributed by atoms with E-state index in [-0.39, 0.29) is 17.1 Å². The molecule has 1 atom stereocenters. The SMILES string of the molecule is Nc1nc2c(c(=O)[nH]1)CCN(C1CCOC3(CCNCC3)C1)C2. The van der Waals surface area contributed by atoms with Gasteiger partial charge in [0.2, 0.25) is 5.95 Å². The van der Waals surface area contributed by atoms with Gasteiger partial charge >= 0.3 is 0 Å². The van der Waals surface area contributed by atoms with Crippen LogP contribution >= 0.6 is 0 Å². The Kier molecular flexibility index (Phi) is 3.87. The van der Waals surface area contributed by atoms with E-state index in [2.05, 4.69) is 20.2 Å². The van der Waals surface area contributed by atoms with Crippen LogP contribution in [-0.4, -0.2) is 52.8 Å². The molecule has 126 valence electrons. The quantitative estimate of drug-likeness (QED) is 0.675. The second-order valence-electron chi connectivity index (χ2n) is 7.02. The van der Waals surface area contributed by atoms with Crippen LogP contribution in [0.4, 0.5) is 5.95 Å². The van der Waals surface area contributed by atoms with E-state index in [0.717, 1.165) is 76.1 Å². The molecule has 3 aliphatic rings. The number of nitrogens with one attached hydrogen (secondary N) is 2. The number of nitrogens with two attached hydrogens (primary N) is 1. The number of nitrogens with zero attached hydrogens (tertiary/aromatic N) is 2. The highest BCUT2D eigenvalue weighted by Crippen LogP contribution is 2.36. The summed E-state index contributed by atoms with van der Waals surface area (Å²) in [6.45, 7) is 4.56. The van der Waals surface area contributed by atoms with Gasteiger partial charge in [-0.25, -0.2) is 4.98 Å². The van der Waals surface area contributed by atoms with Gasteiger partial charge in [0.05, 0.1) is 11.3 Å². The molecule has 0 radical (unpaired) electrons. The lowest BCUT2D eigenvalue weighted by atomic mass is 9.82. The molecule has 4 heterocycles. The largest absolute Gasteiger partial charge is 0.375 e. The number of fused-ring (bicyclic) bond motifs is 1. The fourth-order valence-corrected chi connectivity index (χ4v) is 4.34. The monoisotopic (exact) mass is 319 g/mol. The van der Waals surface area contributed by atoms with Crippen molar-refractivity contribution in [3.8, 4) is 0 Å². The van der Waals surface area contributed by atoms with Crippen molar-refractivity contribution in [2.45, 2.75) is 50.3 Å². The van der Waals surface area contributed by atoms with Gasteiger partial charge in [0.15, 0.2) is 0 Å². The van der Waals surface area contributed by atoms with Crippen LogP contribution in [0.3, 0.4) is 0 Å². The van der Waals surface area contributed by atoms with Gasteiger partial charge in [0.25, 0.3) is 5.56 Å². The molecular formula is C16H25N5O2. The van der Waals surface area contributed by atoms with Gasteiger partial charge in [-0.3, -0.25) is 14.7 Å². The highest BCUT2D eigenvalue weighted by Gasteiger charge is 2.41. The fraction of sp³-hybridized carbons (Fsp3) is 0.750. The normalized spacial score (nSPS) is 27.7. The first-order chi connectivity index (χ1) is 11.2. The van der Waals surface area contributed by atoms with Crippen LogP contribution in [0.1, 0.15) is 36.9 Å². The Morgan fingerprint density at radius 3 is 3.00 bits per heavy atom. The second-order valence-corrected chi connectivity index (χ2v) is 7.02.